The Morgan fingerprint density at radius 1 is 1.45 bits per heavy atom. The number of rotatable bonds is 3. The molecule has 1 aliphatic rings. The minimum atomic E-state index is -0.121. The molecule has 2 aromatic rings. The standard InChI is InChI=1S/C13H15N5O2/c1-9-2-10(4-14-3-9)13(20)17-6-12(7-17)18-5-11(8-19)15-16-18/h2-5,12,19H,6-8H2,1H3. The highest BCUT2D eigenvalue weighted by molar-refractivity contribution is 5.94. The largest absolute Gasteiger partial charge is 0.390 e. The highest BCUT2D eigenvalue weighted by atomic mass is 16.3. The number of carbonyl (C=O) groups excluding carboxylic acids is 1. The highest BCUT2D eigenvalue weighted by Crippen LogP contribution is 2.22. The zero-order valence-electron chi connectivity index (χ0n) is 11.1. The van der Waals surface area contributed by atoms with Crippen LogP contribution in [0.3, 0.4) is 0 Å². The van der Waals surface area contributed by atoms with Crippen LogP contribution in [0.25, 0.3) is 0 Å². The molecular weight excluding hydrogens is 258 g/mol. The number of pyridine rings is 1. The molecule has 0 aromatic carbocycles. The third-order valence-electron chi connectivity index (χ3n) is 3.37. The lowest BCUT2D eigenvalue weighted by Gasteiger charge is -2.38. The minimum absolute atomic E-state index is 0.0139. The molecule has 0 unspecified atom stereocenters. The monoisotopic (exact) mass is 273 g/mol. The van der Waals surface area contributed by atoms with Crippen LogP contribution in [0.4, 0.5) is 0 Å². The normalized spacial score (nSPS) is 15.2. The predicted octanol–water partition coefficient (Wildman–Crippen LogP) is 0.171. The average Bonchev–Trinajstić information content (AvgIpc) is 2.85. The smallest absolute Gasteiger partial charge is 0.255 e. The van der Waals surface area contributed by atoms with E-state index in [2.05, 4.69) is 15.3 Å². The molecule has 0 saturated carbocycles. The van der Waals surface area contributed by atoms with Crippen LogP contribution in [0.15, 0.2) is 24.7 Å². The molecule has 1 amide bonds. The van der Waals surface area contributed by atoms with Gasteiger partial charge in [-0.15, -0.1) is 5.10 Å². The van der Waals surface area contributed by atoms with E-state index in [1.165, 1.54) is 0 Å². The summed E-state index contributed by atoms with van der Waals surface area (Å²) in [4.78, 5) is 18.0. The number of hydrogen-bond donors (Lipinski definition) is 1. The summed E-state index contributed by atoms with van der Waals surface area (Å²) in [6.45, 7) is 2.99. The third-order valence-corrected chi connectivity index (χ3v) is 3.37. The maximum Gasteiger partial charge on any atom is 0.255 e. The summed E-state index contributed by atoms with van der Waals surface area (Å²) in [7, 11) is 0. The number of hydrogen-bond acceptors (Lipinski definition) is 5. The SMILES string of the molecule is Cc1cncc(C(=O)N2CC(n3cc(CO)nn3)C2)c1. The van der Waals surface area contributed by atoms with Crippen molar-refractivity contribution in [1.82, 2.24) is 24.9 Å². The van der Waals surface area contributed by atoms with Crippen molar-refractivity contribution < 1.29 is 9.90 Å². The van der Waals surface area contributed by atoms with Crippen molar-refractivity contribution in [2.75, 3.05) is 13.1 Å². The molecule has 3 rings (SSSR count). The number of aromatic nitrogens is 4. The van der Waals surface area contributed by atoms with Gasteiger partial charge in [0, 0.05) is 25.5 Å². The van der Waals surface area contributed by atoms with Gasteiger partial charge in [0.15, 0.2) is 0 Å². The van der Waals surface area contributed by atoms with Gasteiger partial charge in [-0.1, -0.05) is 5.21 Å². The number of amides is 1. The molecule has 0 bridgehead atoms. The Hall–Kier alpha value is -2.28. The summed E-state index contributed by atoms with van der Waals surface area (Å²) in [5.74, 6) is -0.0139. The van der Waals surface area contributed by atoms with E-state index >= 15 is 0 Å². The molecule has 1 fully saturated rings. The van der Waals surface area contributed by atoms with Crippen LogP contribution >= 0.6 is 0 Å². The zero-order valence-corrected chi connectivity index (χ0v) is 11.1. The van der Waals surface area contributed by atoms with Gasteiger partial charge in [-0.3, -0.25) is 9.78 Å². The van der Waals surface area contributed by atoms with E-state index in [-0.39, 0.29) is 18.6 Å². The maximum absolute atomic E-state index is 12.2. The van der Waals surface area contributed by atoms with Gasteiger partial charge in [0.25, 0.3) is 5.91 Å². The molecule has 0 aliphatic carbocycles. The van der Waals surface area contributed by atoms with E-state index in [1.807, 2.05) is 13.0 Å². The van der Waals surface area contributed by atoms with Gasteiger partial charge in [0.2, 0.25) is 0 Å². The lowest BCUT2D eigenvalue weighted by atomic mass is 10.1. The minimum Gasteiger partial charge on any atom is -0.390 e. The molecule has 0 radical (unpaired) electrons. The lowest BCUT2D eigenvalue weighted by Crippen LogP contribution is -2.50. The van der Waals surface area contributed by atoms with E-state index in [9.17, 15) is 4.79 Å². The van der Waals surface area contributed by atoms with Crippen molar-refractivity contribution in [2.45, 2.75) is 19.6 Å². The quantitative estimate of drug-likeness (QED) is 0.862. The van der Waals surface area contributed by atoms with Gasteiger partial charge in [0.05, 0.1) is 24.4 Å². The van der Waals surface area contributed by atoms with Gasteiger partial charge >= 0.3 is 0 Å². The first-order valence-electron chi connectivity index (χ1n) is 6.40. The summed E-state index contributed by atoms with van der Waals surface area (Å²) in [6.07, 6.45) is 5.02. The number of aliphatic hydroxyl groups excluding tert-OH is 1. The Morgan fingerprint density at radius 2 is 2.25 bits per heavy atom. The molecule has 1 aliphatic heterocycles. The lowest BCUT2D eigenvalue weighted by molar-refractivity contribution is 0.0498. The Kier molecular flexibility index (Phi) is 3.19. The van der Waals surface area contributed by atoms with Gasteiger partial charge in [-0.25, -0.2) is 4.68 Å². The van der Waals surface area contributed by atoms with Crippen LogP contribution in [0.5, 0.6) is 0 Å². The Morgan fingerprint density at radius 3 is 2.90 bits per heavy atom. The third kappa shape index (κ3) is 2.27. The molecule has 20 heavy (non-hydrogen) atoms. The summed E-state index contributed by atoms with van der Waals surface area (Å²) in [5, 5.41) is 16.7. The number of carbonyl (C=O) groups is 1. The van der Waals surface area contributed by atoms with E-state index < -0.39 is 0 Å². The van der Waals surface area contributed by atoms with Crippen molar-refractivity contribution in [3.8, 4) is 0 Å². The number of likely N-dealkylation sites (tertiary alicyclic amines) is 1. The molecular formula is C13H15N5O2. The van der Waals surface area contributed by atoms with Crippen molar-refractivity contribution in [1.29, 1.82) is 0 Å². The molecule has 0 atom stereocenters. The van der Waals surface area contributed by atoms with E-state index in [4.69, 9.17) is 5.11 Å². The van der Waals surface area contributed by atoms with Crippen LogP contribution < -0.4 is 0 Å². The van der Waals surface area contributed by atoms with Gasteiger partial charge in [0.1, 0.15) is 5.69 Å². The molecule has 0 spiro atoms. The fraction of sp³-hybridized carbons (Fsp3) is 0.385. The van der Waals surface area contributed by atoms with Crippen molar-refractivity contribution in [2.24, 2.45) is 0 Å². The zero-order chi connectivity index (χ0) is 14.1. The van der Waals surface area contributed by atoms with E-state index in [0.29, 0.717) is 24.3 Å². The van der Waals surface area contributed by atoms with Gasteiger partial charge < -0.3 is 10.0 Å². The second-order valence-electron chi connectivity index (χ2n) is 4.96. The average molecular weight is 273 g/mol. The number of aryl methyl sites for hydroxylation is 1. The van der Waals surface area contributed by atoms with Crippen LogP contribution in [0, 0.1) is 6.92 Å². The van der Waals surface area contributed by atoms with E-state index in [0.717, 1.165) is 5.56 Å². The van der Waals surface area contributed by atoms with Crippen molar-refractivity contribution in [3.05, 3.63) is 41.5 Å². The summed E-state index contributed by atoms with van der Waals surface area (Å²) in [6, 6.07) is 1.96. The van der Waals surface area contributed by atoms with Crippen LogP contribution in [-0.4, -0.2) is 49.0 Å². The fourth-order valence-corrected chi connectivity index (χ4v) is 2.21. The van der Waals surface area contributed by atoms with Crippen LogP contribution in [-0.2, 0) is 6.61 Å². The fourth-order valence-electron chi connectivity index (χ4n) is 2.21. The number of nitrogens with zero attached hydrogens (tertiary/aromatic N) is 5. The van der Waals surface area contributed by atoms with E-state index in [1.54, 1.807) is 28.2 Å². The highest BCUT2D eigenvalue weighted by Gasteiger charge is 2.33. The van der Waals surface area contributed by atoms with Gasteiger partial charge in [-0.2, -0.15) is 0 Å². The first-order valence-corrected chi connectivity index (χ1v) is 6.40. The molecule has 7 heteroatoms. The van der Waals surface area contributed by atoms with Gasteiger partial charge in [-0.05, 0) is 18.6 Å². The second-order valence-corrected chi connectivity index (χ2v) is 4.96. The molecule has 1 saturated heterocycles. The van der Waals surface area contributed by atoms with Crippen molar-refractivity contribution >= 4 is 5.91 Å². The summed E-state index contributed by atoms with van der Waals surface area (Å²) in [5.41, 5.74) is 2.12. The first-order chi connectivity index (χ1) is 9.67. The first kappa shape index (κ1) is 12.7. The Labute approximate surface area is 115 Å². The summed E-state index contributed by atoms with van der Waals surface area (Å²) >= 11 is 0. The molecule has 104 valence electrons. The molecule has 2 aromatic heterocycles. The molecule has 1 N–H and O–H groups in total. The van der Waals surface area contributed by atoms with Crippen LogP contribution in [0.2, 0.25) is 0 Å². The topological polar surface area (TPSA) is 84.1 Å². The Balaban J connectivity index is 1.64. The second kappa shape index (κ2) is 5.01. The number of aliphatic hydroxyl groups is 1. The van der Waals surface area contributed by atoms with Crippen molar-refractivity contribution in [3.63, 3.8) is 0 Å². The molecule has 7 nitrogen and oxygen atoms in total. The predicted molar refractivity (Wildman–Crippen MR) is 69.9 cm³/mol. The maximum atomic E-state index is 12.2. The Bertz CT molecular complexity index is 633. The summed E-state index contributed by atoms with van der Waals surface area (Å²) < 4.78 is 1.70. The molecule has 3 heterocycles. The van der Waals surface area contributed by atoms with Crippen LogP contribution in [0.1, 0.15) is 27.7 Å².